The molecule has 1 atom stereocenters. The highest BCUT2D eigenvalue weighted by Crippen LogP contribution is 2.32. The zero-order chi connectivity index (χ0) is 16.5. The predicted octanol–water partition coefficient (Wildman–Crippen LogP) is 3.71. The molecule has 3 aromatic rings. The minimum absolute atomic E-state index is 0.219. The van der Waals surface area contributed by atoms with E-state index >= 15 is 0 Å². The quantitative estimate of drug-likeness (QED) is 0.792. The van der Waals surface area contributed by atoms with Crippen LogP contribution in [-0.2, 0) is 12.8 Å². The number of aryl methyl sites for hydroxylation is 1. The summed E-state index contributed by atoms with van der Waals surface area (Å²) in [4.78, 5) is 18.3. The third-order valence-electron chi connectivity index (χ3n) is 4.25. The Hall–Kier alpha value is -2.47. The van der Waals surface area contributed by atoms with Gasteiger partial charge in [0.25, 0.3) is 5.91 Å². The van der Waals surface area contributed by atoms with E-state index in [2.05, 4.69) is 22.3 Å². The summed E-state index contributed by atoms with van der Waals surface area (Å²) >= 11 is 1.59. The minimum Gasteiger partial charge on any atom is -0.296 e. The van der Waals surface area contributed by atoms with Gasteiger partial charge in [-0.25, -0.2) is 9.67 Å². The normalized spacial score (nSPS) is 16.6. The molecular weight excluding hydrogens is 320 g/mol. The number of hydrogen-bond donors (Lipinski definition) is 1. The fraction of sp³-hybridized carbons (Fsp3) is 0.278. The van der Waals surface area contributed by atoms with E-state index < -0.39 is 0 Å². The Bertz CT molecular complexity index is 868. The van der Waals surface area contributed by atoms with Crippen molar-refractivity contribution in [1.29, 1.82) is 0 Å². The first-order chi connectivity index (χ1) is 11.7. The topological polar surface area (TPSA) is 59.8 Å². The predicted molar refractivity (Wildman–Crippen MR) is 94.8 cm³/mol. The molecule has 1 aromatic carbocycles. The van der Waals surface area contributed by atoms with Crippen LogP contribution in [0.4, 0.5) is 5.13 Å². The lowest BCUT2D eigenvalue weighted by atomic mass is 9.93. The summed E-state index contributed by atoms with van der Waals surface area (Å²) in [5.41, 5.74) is 2.46. The van der Waals surface area contributed by atoms with Gasteiger partial charge in [0.15, 0.2) is 10.8 Å². The first-order valence-corrected chi connectivity index (χ1v) is 8.92. The molecule has 2 aromatic heterocycles. The Morgan fingerprint density at radius 2 is 2.12 bits per heavy atom. The largest absolute Gasteiger partial charge is 0.296 e. The molecule has 1 aliphatic rings. The number of aromatic nitrogens is 3. The third-order valence-corrected chi connectivity index (χ3v) is 5.28. The van der Waals surface area contributed by atoms with Crippen LogP contribution in [0.3, 0.4) is 0 Å². The smallest absolute Gasteiger partial charge is 0.277 e. The number of rotatable bonds is 3. The number of benzene rings is 1. The van der Waals surface area contributed by atoms with Gasteiger partial charge in [0.05, 0.1) is 11.4 Å². The van der Waals surface area contributed by atoms with E-state index in [1.807, 2.05) is 30.3 Å². The van der Waals surface area contributed by atoms with Gasteiger partial charge in [-0.05, 0) is 43.4 Å². The van der Waals surface area contributed by atoms with Crippen molar-refractivity contribution in [2.75, 3.05) is 5.32 Å². The van der Waals surface area contributed by atoms with Gasteiger partial charge in [0, 0.05) is 11.1 Å². The molecule has 6 heteroatoms. The van der Waals surface area contributed by atoms with E-state index in [1.54, 1.807) is 28.3 Å². The van der Waals surface area contributed by atoms with Gasteiger partial charge in [-0.3, -0.25) is 10.1 Å². The van der Waals surface area contributed by atoms with E-state index in [9.17, 15) is 4.79 Å². The van der Waals surface area contributed by atoms with E-state index in [4.69, 9.17) is 0 Å². The summed E-state index contributed by atoms with van der Waals surface area (Å²) in [5.74, 6) is 0.479. The van der Waals surface area contributed by atoms with Crippen molar-refractivity contribution in [3.8, 4) is 5.69 Å². The molecule has 0 saturated carbocycles. The fourth-order valence-corrected chi connectivity index (χ4v) is 4.09. The van der Waals surface area contributed by atoms with E-state index in [-0.39, 0.29) is 5.91 Å². The molecular formula is C18H18N4OS. The van der Waals surface area contributed by atoms with Gasteiger partial charge in [-0.15, -0.1) is 11.3 Å². The zero-order valence-electron chi connectivity index (χ0n) is 13.4. The molecule has 1 aliphatic carbocycles. The number of anilines is 1. The second kappa shape index (κ2) is 6.20. The van der Waals surface area contributed by atoms with Crippen LogP contribution in [0.1, 0.15) is 34.4 Å². The molecule has 0 spiro atoms. The number of para-hydroxylation sites is 1. The monoisotopic (exact) mass is 338 g/mol. The molecule has 1 unspecified atom stereocenters. The highest BCUT2D eigenvalue weighted by molar-refractivity contribution is 7.15. The molecule has 0 aliphatic heterocycles. The van der Waals surface area contributed by atoms with E-state index in [0.717, 1.165) is 24.2 Å². The Balaban J connectivity index is 1.50. The Labute approximate surface area is 144 Å². The number of nitrogens with one attached hydrogen (secondary N) is 1. The maximum absolute atomic E-state index is 12.4. The number of fused-ring (bicyclic) bond motifs is 1. The summed E-state index contributed by atoms with van der Waals surface area (Å²) < 4.78 is 1.70. The van der Waals surface area contributed by atoms with Crippen molar-refractivity contribution in [3.63, 3.8) is 0 Å². The number of hydrogen-bond acceptors (Lipinski definition) is 4. The highest BCUT2D eigenvalue weighted by Gasteiger charge is 2.21. The average Bonchev–Trinajstić information content (AvgIpc) is 3.22. The van der Waals surface area contributed by atoms with Crippen LogP contribution in [0.25, 0.3) is 5.69 Å². The molecule has 2 heterocycles. The van der Waals surface area contributed by atoms with Crippen molar-refractivity contribution in [1.82, 2.24) is 14.8 Å². The molecule has 0 saturated heterocycles. The molecule has 122 valence electrons. The second-order valence-electron chi connectivity index (χ2n) is 6.17. The van der Waals surface area contributed by atoms with Crippen LogP contribution in [0.5, 0.6) is 0 Å². The van der Waals surface area contributed by atoms with Gasteiger partial charge in [0.1, 0.15) is 0 Å². The Kier molecular flexibility index (Phi) is 3.90. The van der Waals surface area contributed by atoms with Crippen molar-refractivity contribution in [3.05, 3.63) is 58.9 Å². The van der Waals surface area contributed by atoms with Crippen LogP contribution >= 0.6 is 11.3 Å². The van der Waals surface area contributed by atoms with Gasteiger partial charge in [0.2, 0.25) is 0 Å². The lowest BCUT2D eigenvalue weighted by Crippen LogP contribution is -2.13. The number of amides is 1. The van der Waals surface area contributed by atoms with Crippen molar-refractivity contribution >= 4 is 22.4 Å². The number of carbonyl (C=O) groups is 1. The van der Waals surface area contributed by atoms with Gasteiger partial charge >= 0.3 is 0 Å². The Morgan fingerprint density at radius 3 is 2.96 bits per heavy atom. The molecule has 1 amide bonds. The first kappa shape index (κ1) is 15.1. The summed E-state index contributed by atoms with van der Waals surface area (Å²) in [6.45, 7) is 2.26. The lowest BCUT2D eigenvalue weighted by molar-refractivity contribution is 0.102. The Morgan fingerprint density at radius 1 is 1.29 bits per heavy atom. The van der Waals surface area contributed by atoms with E-state index in [0.29, 0.717) is 16.7 Å². The summed E-state index contributed by atoms with van der Waals surface area (Å²) in [5, 5.41) is 7.91. The SMILES string of the molecule is CC1CCc2nc(NC(=O)c3ccn(-c4ccccc4)n3)sc2C1. The van der Waals surface area contributed by atoms with Crippen LogP contribution in [0.15, 0.2) is 42.6 Å². The first-order valence-electron chi connectivity index (χ1n) is 8.10. The van der Waals surface area contributed by atoms with Crippen LogP contribution < -0.4 is 5.32 Å². The third kappa shape index (κ3) is 2.97. The van der Waals surface area contributed by atoms with Crippen LogP contribution in [-0.4, -0.2) is 20.7 Å². The molecule has 0 bridgehead atoms. The second-order valence-corrected chi connectivity index (χ2v) is 7.26. The molecule has 1 N–H and O–H groups in total. The molecule has 5 nitrogen and oxygen atoms in total. The summed E-state index contributed by atoms with van der Waals surface area (Å²) in [6.07, 6.45) is 5.03. The van der Waals surface area contributed by atoms with Gasteiger partial charge in [-0.1, -0.05) is 25.1 Å². The van der Waals surface area contributed by atoms with Gasteiger partial charge in [-0.2, -0.15) is 5.10 Å². The number of nitrogens with zero attached hydrogens (tertiary/aromatic N) is 3. The summed E-state index contributed by atoms with van der Waals surface area (Å²) in [6, 6.07) is 11.5. The van der Waals surface area contributed by atoms with Crippen molar-refractivity contribution < 1.29 is 4.79 Å². The van der Waals surface area contributed by atoms with E-state index in [1.165, 1.54) is 11.3 Å². The van der Waals surface area contributed by atoms with Crippen LogP contribution in [0, 0.1) is 5.92 Å². The maximum atomic E-state index is 12.4. The van der Waals surface area contributed by atoms with Gasteiger partial charge < -0.3 is 0 Å². The van der Waals surface area contributed by atoms with Crippen molar-refractivity contribution in [2.45, 2.75) is 26.2 Å². The minimum atomic E-state index is -0.219. The fourth-order valence-electron chi connectivity index (χ4n) is 2.92. The van der Waals surface area contributed by atoms with Crippen molar-refractivity contribution in [2.24, 2.45) is 5.92 Å². The molecule has 0 fully saturated rings. The lowest BCUT2D eigenvalue weighted by Gasteiger charge is -2.15. The average molecular weight is 338 g/mol. The maximum Gasteiger partial charge on any atom is 0.277 e. The summed E-state index contributed by atoms with van der Waals surface area (Å²) in [7, 11) is 0. The molecule has 0 radical (unpaired) electrons. The van der Waals surface area contributed by atoms with Crippen LogP contribution in [0.2, 0.25) is 0 Å². The number of carbonyl (C=O) groups excluding carboxylic acids is 1. The number of thiazole rings is 1. The standard InChI is InChI=1S/C18H18N4OS/c1-12-7-8-14-16(11-12)24-18(19-14)20-17(23)15-9-10-22(21-15)13-5-3-2-4-6-13/h2-6,9-10,12H,7-8,11H2,1H3,(H,19,20,23). The highest BCUT2D eigenvalue weighted by atomic mass is 32.1. The zero-order valence-corrected chi connectivity index (χ0v) is 14.2. The molecule has 24 heavy (non-hydrogen) atoms. The molecule has 4 rings (SSSR count).